The van der Waals surface area contributed by atoms with Gasteiger partial charge in [0.05, 0.1) is 5.69 Å². The summed E-state index contributed by atoms with van der Waals surface area (Å²) in [4.78, 5) is 13.9. The monoisotopic (exact) mass is 313 g/mol. The van der Waals surface area contributed by atoms with Gasteiger partial charge in [0.1, 0.15) is 24.3 Å². The highest BCUT2D eigenvalue weighted by Gasteiger charge is 2.28. The molecule has 7 heteroatoms. The van der Waals surface area contributed by atoms with Crippen molar-refractivity contribution in [3.63, 3.8) is 0 Å². The Morgan fingerprint density at radius 2 is 2.09 bits per heavy atom. The fraction of sp³-hybridized carbons (Fsp3) is 0.625. The molecule has 0 N–H and O–H groups in total. The number of aromatic nitrogens is 5. The van der Waals surface area contributed by atoms with Crippen LogP contribution in [0, 0.1) is 0 Å². The molecule has 0 aromatic carbocycles. The number of anilines is 1. The average molecular weight is 313 g/mol. The topological polar surface area (TPSA) is 63.0 Å². The lowest BCUT2D eigenvalue weighted by Crippen LogP contribution is -2.38. The molecule has 1 fully saturated rings. The maximum Gasteiger partial charge on any atom is 0.137 e. The van der Waals surface area contributed by atoms with Gasteiger partial charge in [-0.15, -0.1) is 10.2 Å². The normalized spacial score (nSPS) is 22.2. The average Bonchev–Trinajstić information content (AvgIpc) is 3.00. The van der Waals surface area contributed by atoms with Gasteiger partial charge in [-0.25, -0.2) is 9.97 Å². The van der Waals surface area contributed by atoms with Crippen molar-refractivity contribution < 1.29 is 0 Å². The van der Waals surface area contributed by atoms with Crippen molar-refractivity contribution >= 4 is 5.82 Å². The van der Waals surface area contributed by atoms with Crippen LogP contribution in [-0.4, -0.2) is 56.3 Å². The van der Waals surface area contributed by atoms with Crippen LogP contribution in [0.25, 0.3) is 0 Å². The molecule has 4 rings (SSSR count). The Labute approximate surface area is 136 Å². The highest BCUT2D eigenvalue weighted by Crippen LogP contribution is 2.31. The van der Waals surface area contributed by atoms with Crippen LogP contribution in [0.4, 0.5) is 5.82 Å². The number of aryl methyl sites for hydroxylation is 1. The fourth-order valence-corrected chi connectivity index (χ4v) is 3.78. The maximum atomic E-state index is 4.63. The number of rotatable bonds is 2. The molecule has 0 aliphatic carbocycles. The molecule has 7 nitrogen and oxygen atoms in total. The van der Waals surface area contributed by atoms with E-state index in [-0.39, 0.29) is 0 Å². The zero-order chi connectivity index (χ0) is 15.8. The van der Waals surface area contributed by atoms with E-state index >= 15 is 0 Å². The second-order valence-electron chi connectivity index (χ2n) is 6.70. The number of hydrogen-bond donors (Lipinski definition) is 0. The van der Waals surface area contributed by atoms with Gasteiger partial charge in [0.2, 0.25) is 0 Å². The summed E-state index contributed by atoms with van der Waals surface area (Å²) in [7, 11) is 4.19. The van der Waals surface area contributed by atoms with E-state index in [1.807, 2.05) is 11.6 Å². The molecule has 23 heavy (non-hydrogen) atoms. The van der Waals surface area contributed by atoms with Gasteiger partial charge in [-0.2, -0.15) is 0 Å². The highest BCUT2D eigenvalue weighted by atomic mass is 15.3. The first-order chi connectivity index (χ1) is 11.2. The number of fused-ring (bicyclic) bond motifs is 1. The quantitative estimate of drug-likeness (QED) is 0.823. The third-order valence-electron chi connectivity index (χ3n) is 5.00. The highest BCUT2D eigenvalue weighted by molar-refractivity contribution is 5.50. The summed E-state index contributed by atoms with van der Waals surface area (Å²) in [6.07, 6.45) is 6.85. The lowest BCUT2D eigenvalue weighted by molar-refractivity contribution is 0.308. The first-order valence-corrected chi connectivity index (χ1v) is 8.32. The van der Waals surface area contributed by atoms with E-state index in [2.05, 4.69) is 37.0 Å². The molecule has 2 aliphatic rings. The number of piperidine rings is 1. The molecule has 2 aromatic heterocycles. The minimum absolute atomic E-state index is 0.420. The maximum absolute atomic E-state index is 4.63. The zero-order valence-electron chi connectivity index (χ0n) is 13.8. The molecule has 122 valence electrons. The summed E-state index contributed by atoms with van der Waals surface area (Å²) in [6, 6.07) is 0. The molecule has 1 unspecified atom stereocenters. The lowest BCUT2D eigenvalue weighted by Gasteiger charge is -2.36. The van der Waals surface area contributed by atoms with Gasteiger partial charge in [0.25, 0.3) is 0 Å². The smallest absolute Gasteiger partial charge is 0.137 e. The van der Waals surface area contributed by atoms with Crippen LogP contribution < -0.4 is 4.90 Å². The summed E-state index contributed by atoms with van der Waals surface area (Å²) >= 11 is 0. The van der Waals surface area contributed by atoms with E-state index in [9.17, 15) is 0 Å². The molecule has 0 radical (unpaired) electrons. The van der Waals surface area contributed by atoms with Crippen molar-refractivity contribution in [3.05, 3.63) is 29.7 Å². The molecule has 4 heterocycles. The molecular formula is C16H23N7. The number of likely N-dealkylation sites (N-methyl/N-ethyl adjacent to an activating group) is 1. The molecule has 0 spiro atoms. The van der Waals surface area contributed by atoms with E-state index in [4.69, 9.17) is 0 Å². The van der Waals surface area contributed by atoms with Crippen molar-refractivity contribution in [2.24, 2.45) is 7.05 Å². The van der Waals surface area contributed by atoms with E-state index in [1.165, 1.54) is 11.3 Å². The summed E-state index contributed by atoms with van der Waals surface area (Å²) in [5, 5.41) is 8.35. The van der Waals surface area contributed by atoms with Crippen molar-refractivity contribution in [2.45, 2.75) is 31.7 Å². The van der Waals surface area contributed by atoms with Crippen LogP contribution in [0.3, 0.4) is 0 Å². The molecule has 2 aliphatic heterocycles. The minimum atomic E-state index is 0.420. The van der Waals surface area contributed by atoms with Gasteiger partial charge >= 0.3 is 0 Å². The van der Waals surface area contributed by atoms with Crippen molar-refractivity contribution in [3.8, 4) is 0 Å². The first-order valence-electron chi connectivity index (χ1n) is 8.32. The molecule has 0 bridgehead atoms. The molecule has 0 saturated carbocycles. The summed E-state index contributed by atoms with van der Waals surface area (Å²) in [5.41, 5.74) is 2.52. The second-order valence-corrected chi connectivity index (χ2v) is 6.70. The summed E-state index contributed by atoms with van der Waals surface area (Å²) in [6.45, 7) is 4.03. The van der Waals surface area contributed by atoms with Gasteiger partial charge in [-0.1, -0.05) is 0 Å². The van der Waals surface area contributed by atoms with E-state index in [1.54, 1.807) is 12.7 Å². The molecule has 1 atom stereocenters. The van der Waals surface area contributed by atoms with Crippen molar-refractivity contribution in [1.29, 1.82) is 0 Å². The number of nitrogens with zero attached hydrogens (tertiary/aromatic N) is 7. The van der Waals surface area contributed by atoms with E-state index < -0.39 is 0 Å². The molecule has 0 amide bonds. The number of hydrogen-bond acceptors (Lipinski definition) is 6. The zero-order valence-corrected chi connectivity index (χ0v) is 13.8. The van der Waals surface area contributed by atoms with Gasteiger partial charge < -0.3 is 14.4 Å². The van der Waals surface area contributed by atoms with Gasteiger partial charge in [0, 0.05) is 51.1 Å². The molecular weight excluding hydrogens is 290 g/mol. The van der Waals surface area contributed by atoms with Gasteiger partial charge in [-0.3, -0.25) is 0 Å². The first kappa shape index (κ1) is 14.6. The van der Waals surface area contributed by atoms with Crippen LogP contribution in [0.15, 0.2) is 12.7 Å². The Kier molecular flexibility index (Phi) is 3.72. The molecule has 1 saturated heterocycles. The van der Waals surface area contributed by atoms with E-state index in [0.29, 0.717) is 5.92 Å². The Bertz CT molecular complexity index is 695. The fourth-order valence-electron chi connectivity index (χ4n) is 3.78. The van der Waals surface area contributed by atoms with Crippen LogP contribution >= 0.6 is 0 Å². The summed E-state index contributed by atoms with van der Waals surface area (Å²) < 4.78 is 2.04. The Morgan fingerprint density at radius 3 is 2.91 bits per heavy atom. The third kappa shape index (κ3) is 2.69. The molecule has 2 aromatic rings. The van der Waals surface area contributed by atoms with Crippen molar-refractivity contribution in [1.82, 2.24) is 29.6 Å². The Hall–Kier alpha value is -2.02. The van der Waals surface area contributed by atoms with Gasteiger partial charge in [0.15, 0.2) is 0 Å². The van der Waals surface area contributed by atoms with Gasteiger partial charge in [-0.05, 0) is 19.9 Å². The second kappa shape index (κ2) is 5.88. The Morgan fingerprint density at radius 1 is 1.17 bits per heavy atom. The summed E-state index contributed by atoms with van der Waals surface area (Å²) in [5.74, 6) is 2.62. The Balaban J connectivity index is 1.62. The van der Waals surface area contributed by atoms with Crippen LogP contribution in [0.2, 0.25) is 0 Å². The predicted molar refractivity (Wildman–Crippen MR) is 87.3 cm³/mol. The lowest BCUT2D eigenvalue weighted by atomic mass is 9.96. The van der Waals surface area contributed by atoms with Crippen LogP contribution in [0.5, 0.6) is 0 Å². The minimum Gasteiger partial charge on any atom is -0.356 e. The predicted octanol–water partition coefficient (Wildman–Crippen LogP) is 0.977. The van der Waals surface area contributed by atoms with Crippen LogP contribution in [-0.2, 0) is 20.0 Å². The van der Waals surface area contributed by atoms with E-state index in [0.717, 1.165) is 57.1 Å². The standard InChI is InChI=1S/C16H23N7/c1-21-7-5-14-13(9-21)16(18-10-17-14)23-6-3-4-12(8-23)15-20-19-11-22(15)2/h10-12H,3-9H2,1-2H3. The van der Waals surface area contributed by atoms with Crippen LogP contribution in [0.1, 0.15) is 35.8 Å². The SMILES string of the molecule is CN1CCc2ncnc(N3CCCC(c4nncn4C)C3)c2C1. The van der Waals surface area contributed by atoms with Crippen molar-refractivity contribution in [2.75, 3.05) is 31.6 Å². The third-order valence-corrected chi connectivity index (χ3v) is 5.00. The largest absolute Gasteiger partial charge is 0.356 e.